The second-order valence-corrected chi connectivity index (χ2v) is 5.57. The first-order chi connectivity index (χ1) is 8.24. The molecule has 116 valence electrons. The molecular formula is C12H27Cl2N3OS. The summed E-state index contributed by atoms with van der Waals surface area (Å²) in [6, 6.07) is -0.339. The summed E-state index contributed by atoms with van der Waals surface area (Å²) < 4.78 is 0. The quantitative estimate of drug-likeness (QED) is 0.662. The third-order valence-corrected chi connectivity index (χ3v) is 3.76. The van der Waals surface area contributed by atoms with E-state index >= 15 is 0 Å². The van der Waals surface area contributed by atoms with Gasteiger partial charge in [-0.3, -0.25) is 4.79 Å². The van der Waals surface area contributed by atoms with Gasteiger partial charge in [-0.2, -0.15) is 11.8 Å². The van der Waals surface area contributed by atoms with Crippen molar-refractivity contribution in [3.63, 3.8) is 0 Å². The van der Waals surface area contributed by atoms with Crippen LogP contribution in [0.4, 0.5) is 0 Å². The molecule has 7 heteroatoms. The first-order valence-corrected chi connectivity index (χ1v) is 7.88. The molecule has 3 N–H and O–H groups in total. The van der Waals surface area contributed by atoms with Gasteiger partial charge in [0.25, 0.3) is 0 Å². The van der Waals surface area contributed by atoms with Crippen LogP contribution >= 0.6 is 36.6 Å². The third kappa shape index (κ3) is 9.79. The minimum Gasteiger partial charge on any atom is -0.355 e. The molecule has 0 radical (unpaired) electrons. The zero-order chi connectivity index (χ0) is 12.5. The van der Waals surface area contributed by atoms with Gasteiger partial charge in [-0.05, 0) is 57.3 Å². The number of thioether (sulfide) groups is 1. The first kappa shape index (κ1) is 21.6. The molecule has 0 unspecified atom stereocenters. The number of nitrogens with two attached hydrogens (primary N) is 1. The number of rotatable bonds is 8. The van der Waals surface area contributed by atoms with Crippen LogP contribution in [0.5, 0.6) is 0 Å². The molecular weight excluding hydrogens is 305 g/mol. The van der Waals surface area contributed by atoms with Gasteiger partial charge in [0.05, 0.1) is 6.04 Å². The molecule has 0 saturated carbocycles. The Morgan fingerprint density at radius 3 is 2.58 bits per heavy atom. The molecule has 19 heavy (non-hydrogen) atoms. The maximum absolute atomic E-state index is 11.6. The lowest BCUT2D eigenvalue weighted by Crippen LogP contribution is -2.41. The fraction of sp³-hybridized carbons (Fsp3) is 0.917. The Hall–Kier alpha value is 0.320. The molecule has 0 aromatic carbocycles. The normalized spacial score (nSPS) is 16.3. The molecule has 1 aliphatic rings. The molecule has 0 spiro atoms. The molecule has 1 heterocycles. The summed E-state index contributed by atoms with van der Waals surface area (Å²) >= 11 is 1.73. The number of halogens is 2. The maximum atomic E-state index is 11.6. The van der Waals surface area contributed by atoms with Gasteiger partial charge < -0.3 is 16.0 Å². The number of nitrogens with zero attached hydrogens (tertiary/aromatic N) is 1. The summed E-state index contributed by atoms with van der Waals surface area (Å²) in [4.78, 5) is 14.0. The second-order valence-electron chi connectivity index (χ2n) is 4.58. The fourth-order valence-corrected chi connectivity index (χ4v) is 2.52. The fourth-order valence-electron chi connectivity index (χ4n) is 2.03. The van der Waals surface area contributed by atoms with Gasteiger partial charge in [0.1, 0.15) is 0 Å². The summed E-state index contributed by atoms with van der Waals surface area (Å²) in [5.74, 6) is 0.947. The average Bonchev–Trinajstić information content (AvgIpc) is 2.84. The molecule has 1 rings (SSSR count). The van der Waals surface area contributed by atoms with Crippen molar-refractivity contribution in [2.24, 2.45) is 5.73 Å². The molecule has 4 nitrogen and oxygen atoms in total. The lowest BCUT2D eigenvalue weighted by Gasteiger charge is -2.15. The van der Waals surface area contributed by atoms with Crippen molar-refractivity contribution in [1.29, 1.82) is 0 Å². The highest BCUT2D eigenvalue weighted by molar-refractivity contribution is 7.98. The number of nitrogens with one attached hydrogen (secondary N) is 1. The van der Waals surface area contributed by atoms with Crippen LogP contribution in [0.15, 0.2) is 0 Å². The Morgan fingerprint density at radius 2 is 2.00 bits per heavy atom. The Kier molecular flexibility index (Phi) is 15.1. The molecule has 0 aliphatic carbocycles. The summed E-state index contributed by atoms with van der Waals surface area (Å²) in [5, 5.41) is 2.92. The summed E-state index contributed by atoms with van der Waals surface area (Å²) in [6.07, 6.45) is 6.47. The second kappa shape index (κ2) is 13.3. The Labute approximate surface area is 133 Å². The molecule has 1 aliphatic heterocycles. The van der Waals surface area contributed by atoms with Gasteiger partial charge in [0.15, 0.2) is 0 Å². The molecule has 0 bridgehead atoms. The van der Waals surface area contributed by atoms with Gasteiger partial charge in [-0.15, -0.1) is 24.8 Å². The van der Waals surface area contributed by atoms with Crippen LogP contribution in [0.1, 0.15) is 25.7 Å². The minimum atomic E-state index is -0.339. The number of carbonyl (C=O) groups excluding carboxylic acids is 1. The molecule has 1 fully saturated rings. The van der Waals surface area contributed by atoms with Crippen molar-refractivity contribution in [3.8, 4) is 0 Å². The lowest BCUT2D eigenvalue weighted by molar-refractivity contribution is -0.122. The standard InChI is InChI=1S/C12H25N3OS.2ClH/c1-17-10-5-11(13)12(16)14-6-4-9-15-7-2-3-8-15;;/h11H,2-10,13H2,1H3,(H,14,16);2*1H/t11-;;/m0../s1. The van der Waals surface area contributed by atoms with Crippen molar-refractivity contribution in [2.45, 2.75) is 31.7 Å². The monoisotopic (exact) mass is 331 g/mol. The number of carbonyl (C=O) groups is 1. The first-order valence-electron chi connectivity index (χ1n) is 6.48. The van der Waals surface area contributed by atoms with Gasteiger partial charge in [0.2, 0.25) is 5.91 Å². The number of hydrogen-bond acceptors (Lipinski definition) is 4. The molecule has 1 atom stereocenters. The van der Waals surface area contributed by atoms with E-state index in [4.69, 9.17) is 5.73 Å². The summed E-state index contributed by atoms with van der Waals surface area (Å²) in [6.45, 7) is 4.30. The van der Waals surface area contributed by atoms with Crippen molar-refractivity contribution >= 4 is 42.5 Å². The Balaban J connectivity index is 0. The van der Waals surface area contributed by atoms with E-state index in [1.807, 2.05) is 6.26 Å². The summed E-state index contributed by atoms with van der Waals surface area (Å²) in [5.41, 5.74) is 5.77. The van der Waals surface area contributed by atoms with Crippen LogP contribution in [-0.4, -0.2) is 55.0 Å². The van der Waals surface area contributed by atoms with Crippen LogP contribution in [0, 0.1) is 0 Å². The number of likely N-dealkylation sites (tertiary alicyclic amines) is 1. The zero-order valence-electron chi connectivity index (χ0n) is 11.6. The summed E-state index contributed by atoms with van der Waals surface area (Å²) in [7, 11) is 0. The van der Waals surface area contributed by atoms with E-state index < -0.39 is 0 Å². The van der Waals surface area contributed by atoms with Crippen LogP contribution < -0.4 is 11.1 Å². The van der Waals surface area contributed by atoms with Gasteiger partial charge in [-0.25, -0.2) is 0 Å². The van der Waals surface area contributed by atoms with Gasteiger partial charge in [0, 0.05) is 6.54 Å². The molecule has 0 aromatic rings. The predicted octanol–water partition coefficient (Wildman–Crippen LogP) is 1.51. The van der Waals surface area contributed by atoms with Crippen LogP contribution in [0.2, 0.25) is 0 Å². The minimum absolute atomic E-state index is 0. The molecule has 1 amide bonds. The Bertz CT molecular complexity index is 229. The van der Waals surface area contributed by atoms with Crippen molar-refractivity contribution < 1.29 is 4.79 Å². The SMILES string of the molecule is CSCC[C@H](N)C(=O)NCCCN1CCCC1.Cl.Cl. The highest BCUT2D eigenvalue weighted by Gasteiger charge is 2.13. The van der Waals surface area contributed by atoms with E-state index in [0.29, 0.717) is 0 Å². The van der Waals surface area contributed by atoms with E-state index in [0.717, 1.165) is 31.7 Å². The highest BCUT2D eigenvalue weighted by Crippen LogP contribution is 2.06. The predicted molar refractivity (Wildman–Crippen MR) is 88.8 cm³/mol. The van der Waals surface area contributed by atoms with Crippen molar-refractivity contribution in [1.82, 2.24) is 10.2 Å². The third-order valence-electron chi connectivity index (χ3n) is 3.12. The van der Waals surface area contributed by atoms with Gasteiger partial charge >= 0.3 is 0 Å². The van der Waals surface area contributed by atoms with Crippen LogP contribution in [0.25, 0.3) is 0 Å². The van der Waals surface area contributed by atoms with E-state index in [9.17, 15) is 4.79 Å². The van der Waals surface area contributed by atoms with Crippen molar-refractivity contribution in [2.75, 3.05) is 38.2 Å². The molecule has 0 aromatic heterocycles. The Morgan fingerprint density at radius 1 is 1.37 bits per heavy atom. The smallest absolute Gasteiger partial charge is 0.236 e. The van der Waals surface area contributed by atoms with E-state index in [1.54, 1.807) is 11.8 Å². The van der Waals surface area contributed by atoms with E-state index in [1.165, 1.54) is 25.9 Å². The van der Waals surface area contributed by atoms with Crippen LogP contribution in [-0.2, 0) is 4.79 Å². The lowest BCUT2D eigenvalue weighted by atomic mass is 10.2. The molecule has 1 saturated heterocycles. The number of amides is 1. The largest absolute Gasteiger partial charge is 0.355 e. The average molecular weight is 332 g/mol. The van der Waals surface area contributed by atoms with Crippen molar-refractivity contribution in [3.05, 3.63) is 0 Å². The highest BCUT2D eigenvalue weighted by atomic mass is 35.5. The zero-order valence-corrected chi connectivity index (χ0v) is 14.0. The maximum Gasteiger partial charge on any atom is 0.236 e. The van der Waals surface area contributed by atoms with E-state index in [2.05, 4.69) is 10.2 Å². The van der Waals surface area contributed by atoms with Crippen LogP contribution in [0.3, 0.4) is 0 Å². The topological polar surface area (TPSA) is 58.4 Å². The van der Waals surface area contributed by atoms with E-state index in [-0.39, 0.29) is 36.8 Å². The van der Waals surface area contributed by atoms with Gasteiger partial charge in [-0.1, -0.05) is 0 Å². The number of hydrogen-bond donors (Lipinski definition) is 2.